The predicted molar refractivity (Wildman–Crippen MR) is 338 cm³/mol. The van der Waals surface area contributed by atoms with Gasteiger partial charge in [0.1, 0.15) is 0 Å². The van der Waals surface area contributed by atoms with Crippen molar-refractivity contribution in [3.8, 4) is 44.5 Å². The van der Waals surface area contributed by atoms with Crippen LogP contribution in [0.1, 0.15) is 138 Å². The van der Waals surface area contributed by atoms with Crippen LogP contribution in [0.4, 0.5) is 0 Å². The zero-order valence-electron chi connectivity index (χ0n) is 47.5. The van der Waals surface area contributed by atoms with Crippen LogP contribution in [0.15, 0.2) is 218 Å². The van der Waals surface area contributed by atoms with E-state index in [1.807, 2.05) is 111 Å². The third-order valence-electron chi connectivity index (χ3n) is 10.1. The van der Waals surface area contributed by atoms with Crippen molar-refractivity contribution in [2.24, 2.45) is 0 Å². The van der Waals surface area contributed by atoms with E-state index in [0.717, 1.165) is 0 Å². The first-order chi connectivity index (χ1) is 35.3. The number of hydrogen-bond donors (Lipinski definition) is 0. The lowest BCUT2D eigenvalue weighted by Gasteiger charge is -2.17. The summed E-state index contributed by atoms with van der Waals surface area (Å²) >= 11 is 0. The van der Waals surface area contributed by atoms with Crippen LogP contribution >= 0.6 is 0 Å². The molecule has 0 heterocycles. The molecule has 0 aromatic heterocycles. The second kappa shape index (κ2) is 42.0. The average Bonchev–Trinajstić information content (AvgIpc) is 3.49. The molecule has 0 aliphatic heterocycles. The normalized spacial score (nSPS) is 8.92. The molecule has 384 valence electrons. The van der Waals surface area contributed by atoms with Crippen molar-refractivity contribution < 1.29 is 0 Å². The Hall–Kier alpha value is -6.76. The summed E-state index contributed by atoms with van der Waals surface area (Å²) in [6, 6.07) is 77.9. The molecule has 0 atom stereocenters. The summed E-state index contributed by atoms with van der Waals surface area (Å²) in [5.74, 6) is 0. The molecular weight excluding hydrogens is 865 g/mol. The smallest absolute Gasteiger partial charge is 0.00264 e. The molecule has 0 fully saturated rings. The Kier molecular flexibility index (Phi) is 39.2. The highest BCUT2D eigenvalue weighted by atomic mass is 14.2. The standard InChI is InChI=1S/2C26H18.C3H8.8C2H6.CH4/c2*1-3-11-19(12-4-1)25-21-15-7-9-17-23(21)26(20-13-5-2-6-14-20)24-18-10-8-16-22(24)25;1-3-2;8*1-2;/h2*1-18H;3H2,1-2H3;8*1-2H3;1H4. The summed E-state index contributed by atoms with van der Waals surface area (Å²) in [7, 11) is 0. The maximum atomic E-state index is 2.25. The Bertz CT molecular complexity index is 2310. The lowest BCUT2D eigenvalue weighted by atomic mass is 9.86. The molecule has 0 bridgehead atoms. The fraction of sp³-hybridized carbons (Fsp3) is 0.278. The van der Waals surface area contributed by atoms with Gasteiger partial charge in [-0.1, -0.05) is 357 Å². The summed E-state index contributed by atoms with van der Waals surface area (Å²) in [5.41, 5.74) is 10.3. The van der Waals surface area contributed by atoms with Gasteiger partial charge in [-0.05, 0) is 87.6 Å². The molecule has 0 aliphatic carbocycles. The van der Waals surface area contributed by atoms with Crippen LogP contribution in [-0.2, 0) is 0 Å². The summed E-state index contributed by atoms with van der Waals surface area (Å²) in [6.45, 7) is 36.2. The first-order valence-corrected chi connectivity index (χ1v) is 27.4. The maximum Gasteiger partial charge on any atom is -0.00264 e. The van der Waals surface area contributed by atoms with Crippen molar-refractivity contribution in [2.45, 2.75) is 138 Å². The second-order valence-corrected chi connectivity index (χ2v) is 13.9. The van der Waals surface area contributed by atoms with Crippen LogP contribution < -0.4 is 0 Å². The Morgan fingerprint density at radius 2 is 0.278 bits per heavy atom. The molecule has 0 spiro atoms. The van der Waals surface area contributed by atoms with Gasteiger partial charge in [0, 0.05) is 0 Å². The van der Waals surface area contributed by atoms with Crippen LogP contribution in [0.25, 0.3) is 87.6 Å². The maximum absolute atomic E-state index is 2.25. The zero-order chi connectivity index (χ0) is 53.4. The Morgan fingerprint density at radius 3 is 0.389 bits per heavy atom. The van der Waals surface area contributed by atoms with Crippen molar-refractivity contribution in [1.82, 2.24) is 0 Å². The van der Waals surface area contributed by atoms with Gasteiger partial charge in [0.2, 0.25) is 0 Å². The van der Waals surface area contributed by atoms with Gasteiger partial charge in [-0.3, -0.25) is 0 Å². The topological polar surface area (TPSA) is 0 Å². The second-order valence-electron chi connectivity index (χ2n) is 13.9. The number of rotatable bonds is 4. The van der Waals surface area contributed by atoms with E-state index in [2.05, 4.69) is 232 Å². The van der Waals surface area contributed by atoms with Crippen LogP contribution in [0, 0.1) is 0 Å². The molecular formula is C72H96. The van der Waals surface area contributed by atoms with E-state index < -0.39 is 0 Å². The van der Waals surface area contributed by atoms with E-state index in [0.29, 0.717) is 0 Å². The molecule has 10 aromatic carbocycles. The third-order valence-corrected chi connectivity index (χ3v) is 10.1. The van der Waals surface area contributed by atoms with Gasteiger partial charge in [-0.25, -0.2) is 0 Å². The van der Waals surface area contributed by atoms with Gasteiger partial charge in [-0.2, -0.15) is 0 Å². The van der Waals surface area contributed by atoms with Gasteiger partial charge in [0.05, 0.1) is 0 Å². The summed E-state index contributed by atoms with van der Waals surface area (Å²) < 4.78 is 0. The minimum Gasteiger partial charge on any atom is -0.0776 e. The molecule has 0 saturated carbocycles. The Balaban J connectivity index is 0. The lowest BCUT2D eigenvalue weighted by Crippen LogP contribution is -1.90. The van der Waals surface area contributed by atoms with Crippen molar-refractivity contribution in [1.29, 1.82) is 0 Å². The van der Waals surface area contributed by atoms with Crippen LogP contribution in [0.3, 0.4) is 0 Å². The third kappa shape index (κ3) is 17.8. The Morgan fingerprint density at radius 1 is 0.181 bits per heavy atom. The monoisotopic (exact) mass is 961 g/mol. The number of benzene rings is 10. The van der Waals surface area contributed by atoms with Gasteiger partial charge >= 0.3 is 0 Å². The van der Waals surface area contributed by atoms with E-state index in [-0.39, 0.29) is 7.43 Å². The van der Waals surface area contributed by atoms with E-state index in [1.54, 1.807) is 0 Å². The minimum absolute atomic E-state index is 0. The Labute approximate surface area is 442 Å². The fourth-order valence-electron chi connectivity index (χ4n) is 7.92. The highest BCUT2D eigenvalue weighted by Crippen LogP contribution is 2.45. The van der Waals surface area contributed by atoms with Crippen molar-refractivity contribution in [2.75, 3.05) is 0 Å². The first kappa shape index (κ1) is 67.3. The SMILES string of the molecule is C.CC.CC.CC.CC.CC.CC.CC.CC.CCC.c1ccc(-c2c3ccccc3c(-c3ccccc3)c3ccccc23)cc1.c1ccc(-c2c3ccccc3c(-c3ccccc3)c3ccccc23)cc1. The molecule has 0 heteroatoms. The number of fused-ring (bicyclic) bond motifs is 4. The average molecular weight is 962 g/mol. The van der Waals surface area contributed by atoms with E-state index >= 15 is 0 Å². The van der Waals surface area contributed by atoms with Crippen molar-refractivity contribution >= 4 is 43.1 Å². The summed E-state index contributed by atoms with van der Waals surface area (Å²) in [6.07, 6.45) is 1.25. The summed E-state index contributed by atoms with van der Waals surface area (Å²) in [4.78, 5) is 0. The van der Waals surface area contributed by atoms with Crippen molar-refractivity contribution in [3.63, 3.8) is 0 Å². The molecule has 0 nitrogen and oxygen atoms in total. The van der Waals surface area contributed by atoms with Crippen molar-refractivity contribution in [3.05, 3.63) is 218 Å². The molecule has 0 amide bonds. The molecule has 0 unspecified atom stereocenters. The van der Waals surface area contributed by atoms with Gasteiger partial charge in [0.15, 0.2) is 0 Å². The van der Waals surface area contributed by atoms with Gasteiger partial charge in [0.25, 0.3) is 0 Å². The zero-order valence-corrected chi connectivity index (χ0v) is 47.5. The molecule has 10 rings (SSSR count). The molecule has 10 aromatic rings. The minimum atomic E-state index is 0. The fourth-order valence-corrected chi connectivity index (χ4v) is 7.92. The number of hydrogen-bond acceptors (Lipinski definition) is 0. The molecule has 0 N–H and O–H groups in total. The quantitative estimate of drug-likeness (QED) is 0.154. The highest BCUT2D eigenvalue weighted by molar-refractivity contribution is 6.22. The molecule has 0 radical (unpaired) electrons. The van der Waals surface area contributed by atoms with Crippen LogP contribution in [0.2, 0.25) is 0 Å². The highest BCUT2D eigenvalue weighted by Gasteiger charge is 2.17. The molecule has 72 heavy (non-hydrogen) atoms. The van der Waals surface area contributed by atoms with E-state index in [9.17, 15) is 0 Å². The van der Waals surface area contributed by atoms with Gasteiger partial charge < -0.3 is 0 Å². The van der Waals surface area contributed by atoms with Gasteiger partial charge in [-0.15, -0.1) is 0 Å². The molecule has 0 saturated heterocycles. The van der Waals surface area contributed by atoms with E-state index in [4.69, 9.17) is 0 Å². The largest absolute Gasteiger partial charge is 0.0776 e. The molecule has 0 aliphatic rings. The van der Waals surface area contributed by atoms with E-state index in [1.165, 1.54) is 94.0 Å². The van der Waals surface area contributed by atoms with Crippen LogP contribution in [-0.4, -0.2) is 0 Å². The predicted octanol–water partition coefficient (Wildman–Crippen LogP) is 24.9. The first-order valence-electron chi connectivity index (χ1n) is 27.4. The summed E-state index contributed by atoms with van der Waals surface area (Å²) in [5, 5.41) is 10.4. The van der Waals surface area contributed by atoms with Crippen LogP contribution in [0.5, 0.6) is 0 Å². The lowest BCUT2D eigenvalue weighted by molar-refractivity contribution is 1.09.